The Balaban J connectivity index is 2.50. The zero-order chi connectivity index (χ0) is 14.9. The van der Waals surface area contributed by atoms with Crippen molar-refractivity contribution < 1.29 is 13.5 Å². The highest BCUT2D eigenvalue weighted by molar-refractivity contribution is 9.10. The van der Waals surface area contributed by atoms with E-state index in [0.29, 0.717) is 5.56 Å². The summed E-state index contributed by atoms with van der Waals surface area (Å²) in [5.41, 5.74) is 7.41. The molecule has 0 spiro atoms. The van der Waals surface area contributed by atoms with Gasteiger partial charge in [0.15, 0.2) is 0 Å². The van der Waals surface area contributed by atoms with Gasteiger partial charge in [-0.1, -0.05) is 22.0 Å². The smallest absolute Gasteiger partial charge is 0.134 e. The van der Waals surface area contributed by atoms with E-state index in [-0.39, 0.29) is 11.3 Å². The molecule has 0 aliphatic rings. The molecule has 5 heteroatoms. The van der Waals surface area contributed by atoms with Gasteiger partial charge in [0, 0.05) is 22.2 Å². The Morgan fingerprint density at radius 2 is 1.75 bits per heavy atom. The van der Waals surface area contributed by atoms with Crippen LogP contribution in [0.3, 0.4) is 0 Å². The van der Waals surface area contributed by atoms with E-state index in [1.165, 1.54) is 7.11 Å². The molecule has 0 aliphatic carbocycles. The van der Waals surface area contributed by atoms with Crippen molar-refractivity contribution in [1.82, 2.24) is 0 Å². The molecule has 0 saturated carbocycles. The standard InChI is InChI=1S/C15H14BrF2NO/c1-8-5-9(16)3-4-11(8)15(19)14-12(17)6-10(20-2)7-13(14)18/h3-7,15H,19H2,1-2H3. The monoisotopic (exact) mass is 341 g/mol. The molecular weight excluding hydrogens is 328 g/mol. The maximum absolute atomic E-state index is 14.0. The van der Waals surface area contributed by atoms with Gasteiger partial charge >= 0.3 is 0 Å². The van der Waals surface area contributed by atoms with Crippen LogP contribution < -0.4 is 10.5 Å². The molecule has 106 valence electrons. The normalized spacial score (nSPS) is 12.3. The Labute approximate surface area is 124 Å². The molecule has 0 saturated heterocycles. The lowest BCUT2D eigenvalue weighted by Crippen LogP contribution is -2.17. The second-order valence-corrected chi connectivity index (χ2v) is 5.40. The summed E-state index contributed by atoms with van der Waals surface area (Å²) in [6.07, 6.45) is 0. The van der Waals surface area contributed by atoms with E-state index in [0.717, 1.165) is 22.2 Å². The largest absolute Gasteiger partial charge is 0.497 e. The fourth-order valence-corrected chi connectivity index (χ4v) is 2.60. The third kappa shape index (κ3) is 2.83. The zero-order valence-electron chi connectivity index (χ0n) is 11.1. The van der Waals surface area contributed by atoms with E-state index >= 15 is 0 Å². The molecule has 1 unspecified atom stereocenters. The number of hydrogen-bond donors (Lipinski definition) is 1. The lowest BCUT2D eigenvalue weighted by atomic mass is 9.95. The zero-order valence-corrected chi connectivity index (χ0v) is 12.7. The molecule has 0 aliphatic heterocycles. The van der Waals surface area contributed by atoms with Crippen molar-refractivity contribution in [2.45, 2.75) is 13.0 Å². The Bertz CT molecular complexity index is 623. The summed E-state index contributed by atoms with van der Waals surface area (Å²) in [6, 6.07) is 6.80. The first-order chi connectivity index (χ1) is 9.43. The van der Waals surface area contributed by atoms with Gasteiger partial charge in [-0.25, -0.2) is 8.78 Å². The third-order valence-corrected chi connectivity index (χ3v) is 3.66. The molecule has 0 aromatic heterocycles. The van der Waals surface area contributed by atoms with E-state index in [4.69, 9.17) is 10.5 Å². The van der Waals surface area contributed by atoms with Crippen LogP contribution in [0.15, 0.2) is 34.8 Å². The number of nitrogens with two attached hydrogens (primary N) is 1. The van der Waals surface area contributed by atoms with Gasteiger partial charge in [0.1, 0.15) is 17.4 Å². The number of halogens is 3. The minimum absolute atomic E-state index is 0.128. The number of benzene rings is 2. The topological polar surface area (TPSA) is 35.2 Å². The predicted octanol–water partition coefficient (Wildman–Crippen LogP) is 4.09. The van der Waals surface area contributed by atoms with Crippen molar-refractivity contribution in [1.29, 1.82) is 0 Å². The highest BCUT2D eigenvalue weighted by Gasteiger charge is 2.21. The van der Waals surface area contributed by atoms with E-state index in [1.807, 2.05) is 13.0 Å². The number of rotatable bonds is 3. The molecule has 0 radical (unpaired) electrons. The second-order valence-electron chi connectivity index (χ2n) is 4.48. The van der Waals surface area contributed by atoms with Crippen molar-refractivity contribution in [3.8, 4) is 5.75 Å². The summed E-state index contributed by atoms with van der Waals surface area (Å²) in [6.45, 7) is 1.85. The minimum Gasteiger partial charge on any atom is -0.497 e. The summed E-state index contributed by atoms with van der Waals surface area (Å²) < 4.78 is 33.8. The van der Waals surface area contributed by atoms with Gasteiger partial charge < -0.3 is 10.5 Å². The van der Waals surface area contributed by atoms with Crippen molar-refractivity contribution in [3.63, 3.8) is 0 Å². The van der Waals surface area contributed by atoms with Crippen LogP contribution in [0.25, 0.3) is 0 Å². The molecule has 0 amide bonds. The summed E-state index contributed by atoms with van der Waals surface area (Å²) in [5, 5.41) is 0. The quantitative estimate of drug-likeness (QED) is 0.912. The van der Waals surface area contributed by atoms with Gasteiger partial charge in [-0.3, -0.25) is 0 Å². The average molecular weight is 342 g/mol. The average Bonchev–Trinajstić information content (AvgIpc) is 2.37. The van der Waals surface area contributed by atoms with E-state index < -0.39 is 17.7 Å². The number of hydrogen-bond acceptors (Lipinski definition) is 2. The van der Waals surface area contributed by atoms with Crippen LogP contribution in [0.5, 0.6) is 5.75 Å². The molecule has 1 atom stereocenters. The summed E-state index contributed by atoms with van der Waals surface area (Å²) in [5.74, 6) is -1.29. The van der Waals surface area contributed by atoms with Gasteiger partial charge in [-0.15, -0.1) is 0 Å². The van der Waals surface area contributed by atoms with Crippen LogP contribution in [0.4, 0.5) is 8.78 Å². The van der Waals surface area contributed by atoms with E-state index in [9.17, 15) is 8.78 Å². The molecule has 2 aromatic carbocycles. The highest BCUT2D eigenvalue weighted by atomic mass is 79.9. The molecule has 2 nitrogen and oxygen atoms in total. The van der Waals surface area contributed by atoms with Crippen molar-refractivity contribution in [2.75, 3.05) is 7.11 Å². The van der Waals surface area contributed by atoms with Gasteiger partial charge in [0.25, 0.3) is 0 Å². The molecular formula is C15H14BrF2NO. The summed E-state index contributed by atoms with van der Waals surface area (Å²) in [4.78, 5) is 0. The van der Waals surface area contributed by atoms with Gasteiger partial charge in [-0.2, -0.15) is 0 Å². The van der Waals surface area contributed by atoms with Crippen LogP contribution in [-0.2, 0) is 0 Å². The number of methoxy groups -OCH3 is 1. The Morgan fingerprint density at radius 3 is 2.25 bits per heavy atom. The fraction of sp³-hybridized carbons (Fsp3) is 0.200. The Hall–Kier alpha value is -1.46. The molecule has 0 heterocycles. The number of ether oxygens (including phenoxy) is 1. The molecule has 20 heavy (non-hydrogen) atoms. The van der Waals surface area contributed by atoms with Crippen molar-refractivity contribution in [2.24, 2.45) is 5.73 Å². The van der Waals surface area contributed by atoms with E-state index in [2.05, 4.69) is 15.9 Å². The van der Waals surface area contributed by atoms with Gasteiger partial charge in [0.2, 0.25) is 0 Å². The van der Waals surface area contributed by atoms with Crippen LogP contribution in [0.1, 0.15) is 22.7 Å². The maximum Gasteiger partial charge on any atom is 0.134 e. The number of aryl methyl sites for hydroxylation is 1. The van der Waals surface area contributed by atoms with Gasteiger partial charge in [-0.05, 0) is 30.2 Å². The minimum atomic E-state index is -0.867. The summed E-state index contributed by atoms with van der Waals surface area (Å²) >= 11 is 3.34. The third-order valence-electron chi connectivity index (χ3n) is 3.17. The van der Waals surface area contributed by atoms with Crippen LogP contribution in [-0.4, -0.2) is 7.11 Å². The van der Waals surface area contributed by atoms with Crippen LogP contribution >= 0.6 is 15.9 Å². The molecule has 0 bridgehead atoms. The Morgan fingerprint density at radius 1 is 1.15 bits per heavy atom. The fourth-order valence-electron chi connectivity index (χ4n) is 2.12. The molecule has 2 rings (SSSR count). The summed E-state index contributed by atoms with van der Waals surface area (Å²) in [7, 11) is 1.35. The highest BCUT2D eigenvalue weighted by Crippen LogP contribution is 2.30. The lowest BCUT2D eigenvalue weighted by Gasteiger charge is -2.17. The molecule has 2 N–H and O–H groups in total. The van der Waals surface area contributed by atoms with Crippen molar-refractivity contribution in [3.05, 3.63) is 63.1 Å². The first-order valence-corrected chi connectivity index (χ1v) is 6.78. The van der Waals surface area contributed by atoms with Crippen molar-refractivity contribution >= 4 is 15.9 Å². The first kappa shape index (κ1) is 14.9. The molecule has 0 fully saturated rings. The maximum atomic E-state index is 14.0. The first-order valence-electron chi connectivity index (χ1n) is 5.98. The SMILES string of the molecule is COc1cc(F)c(C(N)c2ccc(Br)cc2C)c(F)c1. The molecule has 2 aromatic rings. The van der Waals surface area contributed by atoms with Crippen LogP contribution in [0, 0.1) is 18.6 Å². The Kier molecular flexibility index (Phi) is 4.40. The van der Waals surface area contributed by atoms with E-state index in [1.54, 1.807) is 12.1 Å². The lowest BCUT2D eigenvalue weighted by molar-refractivity contribution is 0.404. The predicted molar refractivity (Wildman–Crippen MR) is 77.8 cm³/mol. The second kappa shape index (κ2) is 5.89. The van der Waals surface area contributed by atoms with Gasteiger partial charge in [0.05, 0.1) is 13.2 Å². The van der Waals surface area contributed by atoms with Crippen LogP contribution in [0.2, 0.25) is 0 Å².